The molecule has 3 aromatic carbocycles. The van der Waals surface area contributed by atoms with Crippen molar-refractivity contribution in [2.75, 3.05) is 7.11 Å². The minimum absolute atomic E-state index is 0.113. The molecule has 42 heavy (non-hydrogen) atoms. The van der Waals surface area contributed by atoms with Gasteiger partial charge in [-0.1, -0.05) is 60.7 Å². The topological polar surface area (TPSA) is 50.8 Å². The van der Waals surface area contributed by atoms with Crippen molar-refractivity contribution >= 4 is 6.09 Å². The molecule has 2 bridgehead atoms. The number of halogens is 6. The minimum atomic E-state index is -4.95. The standard InChI is InChI=1S/C31H30F6N2O3/c1-41-28(40)38-25-17-29(22-10-6-3-7-11-22)27(13-12-26(25)39(29)18-20-8-4-2-5-9-20)42-19-21-14-23(30(32,33)34)16-24(15-21)31(35,36)37/h2-11,14-16,25-27H,12-13,17-19H2,1H3,(H,38,40)/t25-,26+,27-,29-/m1/s1. The molecular weight excluding hydrogens is 562 g/mol. The van der Waals surface area contributed by atoms with E-state index in [9.17, 15) is 31.1 Å². The summed E-state index contributed by atoms with van der Waals surface area (Å²) in [6, 6.07) is 20.2. The summed E-state index contributed by atoms with van der Waals surface area (Å²) < 4.78 is 92.3. The first-order valence-corrected chi connectivity index (χ1v) is 13.5. The van der Waals surface area contributed by atoms with Crippen LogP contribution >= 0.6 is 0 Å². The number of carbonyl (C=O) groups is 1. The summed E-state index contributed by atoms with van der Waals surface area (Å²) in [6.45, 7) is 0.0343. The lowest BCUT2D eigenvalue weighted by Crippen LogP contribution is -2.57. The largest absolute Gasteiger partial charge is 0.453 e. The highest BCUT2D eigenvalue weighted by atomic mass is 19.4. The molecule has 5 nitrogen and oxygen atoms in total. The van der Waals surface area contributed by atoms with Crippen molar-refractivity contribution in [3.8, 4) is 0 Å². The lowest BCUT2D eigenvalue weighted by molar-refractivity contribution is -0.143. The lowest BCUT2D eigenvalue weighted by Gasteiger charge is -2.50. The molecule has 0 radical (unpaired) electrons. The Morgan fingerprint density at radius 2 is 1.48 bits per heavy atom. The van der Waals surface area contributed by atoms with Gasteiger partial charge in [0.15, 0.2) is 0 Å². The number of nitrogens with one attached hydrogen (secondary N) is 1. The first-order valence-electron chi connectivity index (χ1n) is 13.5. The van der Waals surface area contributed by atoms with Crippen molar-refractivity contribution < 1.29 is 40.6 Å². The maximum absolute atomic E-state index is 13.5. The minimum Gasteiger partial charge on any atom is -0.453 e. The third kappa shape index (κ3) is 5.98. The number of rotatable bonds is 7. The number of piperidine rings is 1. The normalized spacial score (nSPS) is 24.4. The van der Waals surface area contributed by atoms with Gasteiger partial charge in [0.05, 0.1) is 36.5 Å². The van der Waals surface area contributed by atoms with E-state index in [1.54, 1.807) is 0 Å². The Kier molecular flexibility index (Phi) is 8.26. The Hall–Kier alpha value is -3.57. The van der Waals surface area contributed by atoms with Gasteiger partial charge in [-0.2, -0.15) is 26.3 Å². The molecule has 2 aliphatic heterocycles. The maximum atomic E-state index is 13.5. The van der Waals surface area contributed by atoms with Gasteiger partial charge in [-0.15, -0.1) is 0 Å². The fraction of sp³-hybridized carbons (Fsp3) is 0.387. The summed E-state index contributed by atoms with van der Waals surface area (Å²) in [7, 11) is 1.28. The van der Waals surface area contributed by atoms with Crippen molar-refractivity contribution in [2.45, 2.75) is 68.5 Å². The van der Waals surface area contributed by atoms with Crippen molar-refractivity contribution in [2.24, 2.45) is 0 Å². The Balaban J connectivity index is 1.54. The van der Waals surface area contributed by atoms with Gasteiger partial charge in [0, 0.05) is 18.6 Å². The van der Waals surface area contributed by atoms with E-state index in [0.29, 0.717) is 37.9 Å². The van der Waals surface area contributed by atoms with Crippen LogP contribution in [0.4, 0.5) is 31.1 Å². The smallest absolute Gasteiger partial charge is 0.416 e. The Labute approximate surface area is 239 Å². The quantitative estimate of drug-likeness (QED) is 0.293. The van der Waals surface area contributed by atoms with Crippen LogP contribution < -0.4 is 5.32 Å². The first-order chi connectivity index (χ1) is 19.9. The molecule has 2 aliphatic rings. The zero-order chi connectivity index (χ0) is 30.1. The Morgan fingerprint density at radius 3 is 2.05 bits per heavy atom. The molecule has 0 aromatic heterocycles. The van der Waals surface area contributed by atoms with Gasteiger partial charge < -0.3 is 14.8 Å². The highest BCUT2D eigenvalue weighted by molar-refractivity contribution is 5.67. The highest BCUT2D eigenvalue weighted by Crippen LogP contribution is 2.53. The average Bonchev–Trinajstić information content (AvgIpc) is 3.15. The van der Waals surface area contributed by atoms with Gasteiger partial charge in [-0.25, -0.2) is 4.79 Å². The fourth-order valence-electron chi connectivity index (χ4n) is 6.45. The number of ether oxygens (including phenoxy) is 2. The van der Waals surface area contributed by atoms with E-state index in [2.05, 4.69) is 10.2 Å². The summed E-state index contributed by atoms with van der Waals surface area (Å²) in [4.78, 5) is 14.6. The van der Waals surface area contributed by atoms with Gasteiger partial charge >= 0.3 is 18.4 Å². The van der Waals surface area contributed by atoms with Gasteiger partial charge in [-0.3, -0.25) is 4.90 Å². The SMILES string of the molecule is COC(=O)N[C@@H]1C[C@@]2(c3ccccc3)[C@H](OCc3cc(C(F)(F)F)cc(C(F)(F)F)c3)CC[C@@H]1N2Cc1ccccc1. The van der Waals surface area contributed by atoms with Gasteiger partial charge in [0.25, 0.3) is 0 Å². The fourth-order valence-corrected chi connectivity index (χ4v) is 6.45. The van der Waals surface area contributed by atoms with Gasteiger partial charge in [0.2, 0.25) is 0 Å². The molecule has 1 amide bonds. The Morgan fingerprint density at radius 1 is 0.881 bits per heavy atom. The van der Waals surface area contributed by atoms with Crippen LogP contribution in [0.25, 0.3) is 0 Å². The summed E-state index contributed by atoms with van der Waals surface area (Å²) in [5.74, 6) is 0. The van der Waals surface area contributed by atoms with Crippen LogP contribution in [0.2, 0.25) is 0 Å². The molecule has 224 valence electrons. The number of alkyl halides is 6. The first kappa shape index (κ1) is 29.9. The molecule has 2 fully saturated rings. The zero-order valence-corrected chi connectivity index (χ0v) is 22.7. The van der Waals surface area contributed by atoms with E-state index >= 15 is 0 Å². The van der Waals surface area contributed by atoms with Crippen molar-refractivity contribution in [1.29, 1.82) is 0 Å². The molecule has 5 rings (SSSR count). The molecular formula is C31H30F6N2O3. The molecule has 0 saturated carbocycles. The summed E-state index contributed by atoms with van der Waals surface area (Å²) in [5, 5.41) is 2.94. The van der Waals surface area contributed by atoms with Crippen LogP contribution in [-0.2, 0) is 40.5 Å². The summed E-state index contributed by atoms with van der Waals surface area (Å²) in [6.07, 6.45) is -9.63. The van der Waals surface area contributed by atoms with E-state index in [1.165, 1.54) is 7.11 Å². The molecule has 2 heterocycles. The number of methoxy groups -OCH3 is 1. The molecule has 2 saturated heterocycles. The van der Waals surface area contributed by atoms with E-state index in [1.807, 2.05) is 60.7 Å². The van der Waals surface area contributed by atoms with Gasteiger partial charge in [-0.05, 0) is 54.2 Å². The third-order valence-electron chi connectivity index (χ3n) is 8.22. The number of hydrogen-bond acceptors (Lipinski definition) is 4. The molecule has 0 aliphatic carbocycles. The van der Waals surface area contributed by atoms with Crippen LogP contribution in [-0.4, -0.2) is 36.3 Å². The van der Waals surface area contributed by atoms with Crippen LogP contribution in [0.5, 0.6) is 0 Å². The third-order valence-corrected chi connectivity index (χ3v) is 8.22. The van der Waals surface area contributed by atoms with E-state index in [4.69, 9.17) is 9.47 Å². The molecule has 3 aromatic rings. The number of amides is 1. The number of hydrogen-bond donors (Lipinski definition) is 1. The second-order valence-corrected chi connectivity index (χ2v) is 10.7. The van der Waals surface area contributed by atoms with E-state index in [0.717, 1.165) is 11.1 Å². The number of nitrogens with zero attached hydrogens (tertiary/aromatic N) is 1. The molecule has 4 atom stereocenters. The lowest BCUT2D eigenvalue weighted by atomic mass is 9.78. The zero-order valence-electron chi connectivity index (χ0n) is 22.7. The van der Waals surface area contributed by atoms with Crippen molar-refractivity contribution in [3.05, 3.63) is 107 Å². The Bertz CT molecular complexity index is 1350. The molecule has 1 N–H and O–H groups in total. The number of carbonyl (C=O) groups excluding carboxylic acids is 1. The predicted octanol–water partition coefficient (Wildman–Crippen LogP) is 7.30. The van der Waals surface area contributed by atoms with Crippen molar-refractivity contribution in [1.82, 2.24) is 10.2 Å². The predicted molar refractivity (Wildman–Crippen MR) is 142 cm³/mol. The van der Waals surface area contributed by atoms with Crippen molar-refractivity contribution in [3.63, 3.8) is 0 Å². The number of fused-ring (bicyclic) bond motifs is 2. The van der Waals surface area contributed by atoms with E-state index in [-0.39, 0.29) is 23.7 Å². The monoisotopic (exact) mass is 592 g/mol. The molecule has 11 heteroatoms. The second kappa shape index (κ2) is 11.6. The average molecular weight is 593 g/mol. The van der Waals surface area contributed by atoms with Crippen LogP contribution in [0.3, 0.4) is 0 Å². The summed E-state index contributed by atoms with van der Waals surface area (Å²) >= 11 is 0. The van der Waals surface area contributed by atoms with Crippen LogP contribution in [0.15, 0.2) is 78.9 Å². The van der Waals surface area contributed by atoms with E-state index < -0.39 is 47.8 Å². The number of alkyl carbamates (subject to hydrolysis) is 1. The summed E-state index contributed by atoms with van der Waals surface area (Å²) in [5.41, 5.74) is -1.93. The number of benzene rings is 3. The van der Waals surface area contributed by atoms with Crippen LogP contribution in [0.1, 0.15) is 47.1 Å². The highest BCUT2D eigenvalue weighted by Gasteiger charge is 2.60. The van der Waals surface area contributed by atoms with Crippen LogP contribution in [0, 0.1) is 0 Å². The molecule has 0 spiro atoms. The molecule has 0 unspecified atom stereocenters. The maximum Gasteiger partial charge on any atom is 0.416 e. The van der Waals surface area contributed by atoms with Gasteiger partial charge in [0.1, 0.15) is 0 Å². The second-order valence-electron chi connectivity index (χ2n) is 10.7.